The smallest absolute Gasteiger partial charge is 0.0626 e. The lowest BCUT2D eigenvalue weighted by Crippen LogP contribution is -1.76. The van der Waals surface area contributed by atoms with Crippen molar-refractivity contribution in [2.45, 2.75) is 6.37 Å². The van der Waals surface area contributed by atoms with Crippen LogP contribution in [-0.2, 0) is 6.37 Å². The molecule has 0 saturated carbocycles. The van der Waals surface area contributed by atoms with Gasteiger partial charge in [0.2, 0.25) is 0 Å². The Morgan fingerprint density at radius 1 is 1.44 bits per heavy atom. The summed E-state index contributed by atoms with van der Waals surface area (Å²) < 4.78 is 30.2. The predicted octanol–water partition coefficient (Wildman–Crippen LogP) is 2.26. The Hall–Kier alpha value is -1.04. The van der Waals surface area contributed by atoms with Crippen molar-refractivity contribution in [3.63, 3.8) is 0 Å². The minimum Gasteiger partial charge on any atom is -0.0795 e. The zero-order valence-corrected chi connectivity index (χ0v) is 4.81. The van der Waals surface area contributed by atoms with E-state index in [2.05, 4.69) is 0 Å². The Morgan fingerprint density at radius 3 is 3.22 bits per heavy atom. The molecule has 0 atom stereocenters. The summed E-state index contributed by atoms with van der Waals surface area (Å²) in [4.78, 5) is 0. The summed E-state index contributed by atoms with van der Waals surface area (Å²) in [6.07, 6.45) is -1.78. The first-order valence-electron chi connectivity index (χ1n) is 4.83. The van der Waals surface area contributed by atoms with Gasteiger partial charge in [-0.2, -0.15) is 0 Å². The molecule has 0 heteroatoms. The molecule has 0 amide bonds. The van der Waals surface area contributed by atoms with Gasteiger partial charge in [-0.05, 0) is 17.5 Å². The van der Waals surface area contributed by atoms with Crippen molar-refractivity contribution < 1.29 is 5.48 Å². The molecule has 0 fully saturated rings. The second kappa shape index (κ2) is 1.73. The molecule has 2 rings (SSSR count). The average Bonchev–Trinajstić information content (AvgIpc) is 2.30. The van der Waals surface area contributed by atoms with Gasteiger partial charge in [-0.3, -0.25) is 0 Å². The van der Waals surface area contributed by atoms with Gasteiger partial charge in [-0.15, -0.1) is 0 Å². The predicted molar refractivity (Wildman–Crippen MR) is 39.2 cm³/mol. The van der Waals surface area contributed by atoms with Gasteiger partial charge in [-0.25, -0.2) is 0 Å². The molecule has 0 heterocycles. The van der Waals surface area contributed by atoms with E-state index in [1.807, 2.05) is 0 Å². The van der Waals surface area contributed by atoms with Crippen LogP contribution in [0, 0.1) is 0 Å². The summed E-state index contributed by atoms with van der Waals surface area (Å²) in [5.41, 5.74) is 0.975. The Morgan fingerprint density at radius 2 is 2.33 bits per heavy atom. The van der Waals surface area contributed by atoms with Crippen LogP contribution in [0.2, 0.25) is 0 Å². The zero-order valence-electron chi connectivity index (χ0n) is 8.81. The average molecular weight is 120 g/mol. The first-order chi connectivity index (χ1) is 6.05. The number of fused-ring (bicyclic) bond motifs is 1. The van der Waals surface area contributed by atoms with E-state index in [1.54, 1.807) is 24.3 Å². The van der Waals surface area contributed by atoms with E-state index in [0.29, 0.717) is 11.1 Å². The van der Waals surface area contributed by atoms with E-state index in [1.165, 1.54) is 0 Å². The maximum Gasteiger partial charge on any atom is 0.0626 e. The molecule has 1 aromatic rings. The fourth-order valence-electron chi connectivity index (χ4n) is 0.867. The van der Waals surface area contributed by atoms with Gasteiger partial charge in [-0.1, -0.05) is 36.4 Å². The highest BCUT2D eigenvalue weighted by Gasteiger charge is 2.00. The lowest BCUT2D eigenvalue weighted by Gasteiger charge is -1.93. The molecule has 0 spiro atoms. The van der Waals surface area contributed by atoms with Crippen molar-refractivity contribution >= 4 is 6.05 Å². The van der Waals surface area contributed by atoms with Crippen LogP contribution in [0.15, 0.2) is 30.3 Å². The van der Waals surface area contributed by atoms with Crippen molar-refractivity contribution in [2.24, 2.45) is 0 Å². The van der Waals surface area contributed by atoms with Crippen molar-refractivity contribution in [1.82, 2.24) is 0 Å². The summed E-state index contributed by atoms with van der Waals surface area (Å²) in [5, 5.41) is 0. The highest BCUT2D eigenvalue weighted by molar-refractivity contribution is 5.59. The van der Waals surface area contributed by atoms with E-state index in [0.717, 1.165) is 0 Å². The molecule has 1 aliphatic rings. The quantitative estimate of drug-likeness (QED) is 0.492. The van der Waals surface area contributed by atoms with Crippen LogP contribution >= 0.6 is 0 Å². The van der Waals surface area contributed by atoms with Crippen molar-refractivity contribution in [3.8, 4) is 0 Å². The molecule has 0 radical (unpaired) electrons. The fourth-order valence-corrected chi connectivity index (χ4v) is 0.867. The van der Waals surface area contributed by atoms with Crippen LogP contribution in [0.4, 0.5) is 0 Å². The Balaban J connectivity index is 2.74. The van der Waals surface area contributed by atoms with Gasteiger partial charge in [0.25, 0.3) is 0 Å². The molecule has 0 bridgehead atoms. The number of rotatable bonds is 0. The van der Waals surface area contributed by atoms with E-state index < -0.39 is 6.37 Å². The van der Waals surface area contributed by atoms with Crippen molar-refractivity contribution in [1.29, 1.82) is 0 Å². The molecule has 0 unspecified atom stereocenters. The third-order valence-corrected chi connectivity index (χ3v) is 1.32. The molecule has 0 aliphatic heterocycles. The van der Waals surface area contributed by atoms with Gasteiger partial charge in [0.15, 0.2) is 0 Å². The van der Waals surface area contributed by atoms with Gasteiger partial charge in [0.1, 0.15) is 0 Å². The van der Waals surface area contributed by atoms with Gasteiger partial charge in [0, 0.05) is 2.74 Å². The Kier molecular flexibility index (Phi) is 0.441. The Bertz CT molecular complexity index is 392. The molecule has 0 nitrogen and oxygen atoms in total. The number of benzene rings is 1. The highest BCUT2D eigenvalue weighted by atomic mass is 14.0. The molecular formula is C9H8. The summed E-state index contributed by atoms with van der Waals surface area (Å²) in [7, 11) is 0. The minimum absolute atomic E-state index is 0.000556. The standard InChI is InChI=1S/C9H8/c1-2-5-9-7-3-6-8(9)4-1/h1-6H,7H2/i3D,6D,7D2. The van der Waals surface area contributed by atoms with Crippen LogP contribution in [0.25, 0.3) is 6.05 Å². The molecular weight excluding hydrogens is 108 g/mol. The summed E-state index contributed by atoms with van der Waals surface area (Å²) in [6.45, 7) is 0. The first-order valence-corrected chi connectivity index (χ1v) is 2.83. The van der Waals surface area contributed by atoms with Crippen LogP contribution in [0.3, 0.4) is 0 Å². The van der Waals surface area contributed by atoms with Gasteiger partial charge < -0.3 is 0 Å². The largest absolute Gasteiger partial charge is 0.0795 e. The summed E-state index contributed by atoms with van der Waals surface area (Å²) in [6, 6.07) is 6.54. The number of hydrogen-bond donors (Lipinski definition) is 0. The summed E-state index contributed by atoms with van der Waals surface area (Å²) in [5.74, 6) is 0. The van der Waals surface area contributed by atoms with Gasteiger partial charge >= 0.3 is 0 Å². The molecule has 1 aromatic carbocycles. The normalized spacial score (nSPS) is 28.0. The molecule has 0 N–H and O–H groups in total. The molecule has 44 valence electrons. The number of hydrogen-bond acceptors (Lipinski definition) is 0. The zero-order chi connectivity index (χ0) is 9.64. The molecule has 0 aromatic heterocycles. The molecule has 0 saturated heterocycles. The third kappa shape index (κ3) is 0.672. The van der Waals surface area contributed by atoms with Gasteiger partial charge in [0.05, 0.1) is 2.74 Å². The monoisotopic (exact) mass is 120 g/mol. The van der Waals surface area contributed by atoms with E-state index in [9.17, 15) is 0 Å². The second-order valence-electron chi connectivity index (χ2n) is 1.92. The van der Waals surface area contributed by atoms with E-state index >= 15 is 0 Å². The maximum absolute atomic E-state index is 7.61. The SMILES string of the molecule is [2H]C1=C([2H])C([2H])([2H])c2ccccc21. The third-order valence-electron chi connectivity index (χ3n) is 1.32. The molecule has 9 heavy (non-hydrogen) atoms. The van der Waals surface area contributed by atoms with E-state index in [-0.39, 0.29) is 12.1 Å². The fraction of sp³-hybridized carbons (Fsp3) is 0.111. The molecule has 1 aliphatic carbocycles. The minimum atomic E-state index is -1.78. The highest BCUT2D eigenvalue weighted by Crippen LogP contribution is 2.17. The second-order valence-corrected chi connectivity index (χ2v) is 1.92. The number of allylic oxidation sites excluding steroid dienone is 1. The maximum atomic E-state index is 7.61. The van der Waals surface area contributed by atoms with Crippen LogP contribution in [0.5, 0.6) is 0 Å². The van der Waals surface area contributed by atoms with Crippen LogP contribution in [-0.4, -0.2) is 0 Å². The van der Waals surface area contributed by atoms with E-state index in [4.69, 9.17) is 5.48 Å². The topological polar surface area (TPSA) is 0 Å². The van der Waals surface area contributed by atoms with Crippen molar-refractivity contribution in [2.75, 3.05) is 0 Å². The van der Waals surface area contributed by atoms with Crippen LogP contribution < -0.4 is 0 Å². The van der Waals surface area contributed by atoms with Crippen molar-refractivity contribution in [3.05, 3.63) is 41.4 Å². The lowest BCUT2D eigenvalue weighted by molar-refractivity contribution is 1.31. The lowest BCUT2D eigenvalue weighted by atomic mass is 10.1. The van der Waals surface area contributed by atoms with Crippen LogP contribution in [0.1, 0.15) is 16.6 Å². The Labute approximate surface area is 60.5 Å². The summed E-state index contributed by atoms with van der Waals surface area (Å²) >= 11 is 0. The first kappa shape index (κ1) is 2.30.